The van der Waals surface area contributed by atoms with E-state index in [4.69, 9.17) is 0 Å². The first-order chi connectivity index (χ1) is 24.8. The molecule has 234 valence electrons. The number of aromatic nitrogens is 1. The molecular weight excluding hydrogens is 645 g/mol. The SMILES string of the molecule is c1ccc(-n2c3ccccc3c3c(N(c4cccc5c4sc4ccccc45)c4c5ccccc5cc5c4sc4ccccc45)cccc32)cc1. The van der Waals surface area contributed by atoms with Crippen LogP contribution in [0.5, 0.6) is 0 Å². The fourth-order valence-corrected chi connectivity index (χ4v) is 10.5. The van der Waals surface area contributed by atoms with E-state index in [0.717, 1.165) is 5.69 Å². The highest BCUT2D eigenvalue weighted by molar-refractivity contribution is 7.27. The molecule has 11 rings (SSSR count). The maximum Gasteiger partial charge on any atom is 0.0719 e. The smallest absolute Gasteiger partial charge is 0.0719 e. The van der Waals surface area contributed by atoms with E-state index in [2.05, 4.69) is 179 Å². The third-order valence-corrected chi connectivity index (χ3v) is 12.5. The molecule has 11 aromatic rings. The molecule has 50 heavy (non-hydrogen) atoms. The summed E-state index contributed by atoms with van der Waals surface area (Å²) in [5, 5.41) is 10.2. The number of hydrogen-bond donors (Lipinski definition) is 0. The van der Waals surface area contributed by atoms with Crippen LogP contribution in [0.1, 0.15) is 0 Å². The van der Waals surface area contributed by atoms with Crippen LogP contribution in [-0.2, 0) is 0 Å². The molecule has 0 bridgehead atoms. The van der Waals surface area contributed by atoms with Gasteiger partial charge in [-0.25, -0.2) is 0 Å². The Morgan fingerprint density at radius 1 is 0.400 bits per heavy atom. The molecule has 0 N–H and O–H groups in total. The summed E-state index contributed by atoms with van der Waals surface area (Å²) in [5.74, 6) is 0. The number of anilines is 3. The van der Waals surface area contributed by atoms with Crippen molar-refractivity contribution >= 4 is 113 Å². The summed E-state index contributed by atoms with van der Waals surface area (Å²) in [6, 6.07) is 62.3. The summed E-state index contributed by atoms with van der Waals surface area (Å²) in [5.41, 5.74) is 7.15. The number of fused-ring (bicyclic) bond motifs is 10. The second kappa shape index (κ2) is 10.8. The maximum atomic E-state index is 2.60. The van der Waals surface area contributed by atoms with Crippen molar-refractivity contribution in [1.29, 1.82) is 0 Å². The van der Waals surface area contributed by atoms with Crippen LogP contribution in [0, 0.1) is 0 Å². The van der Waals surface area contributed by atoms with E-state index in [9.17, 15) is 0 Å². The van der Waals surface area contributed by atoms with E-state index in [1.807, 2.05) is 22.7 Å². The molecule has 0 unspecified atom stereocenters. The second-order valence-electron chi connectivity index (χ2n) is 12.9. The molecule has 0 aliphatic heterocycles. The lowest BCUT2D eigenvalue weighted by molar-refractivity contribution is 1.18. The van der Waals surface area contributed by atoms with E-state index in [-0.39, 0.29) is 0 Å². The van der Waals surface area contributed by atoms with Gasteiger partial charge >= 0.3 is 0 Å². The molecule has 2 nitrogen and oxygen atoms in total. The number of rotatable bonds is 4. The number of hydrogen-bond acceptors (Lipinski definition) is 3. The monoisotopic (exact) mass is 672 g/mol. The van der Waals surface area contributed by atoms with Crippen LogP contribution in [0.3, 0.4) is 0 Å². The molecule has 0 amide bonds. The van der Waals surface area contributed by atoms with E-state index < -0.39 is 0 Å². The zero-order valence-corrected chi connectivity index (χ0v) is 28.5. The van der Waals surface area contributed by atoms with Crippen LogP contribution < -0.4 is 4.90 Å². The Kier molecular flexibility index (Phi) is 6.03. The van der Waals surface area contributed by atoms with Gasteiger partial charge in [0.1, 0.15) is 0 Å². The van der Waals surface area contributed by atoms with Gasteiger partial charge in [-0.05, 0) is 60.0 Å². The van der Waals surface area contributed by atoms with E-state index in [1.165, 1.54) is 90.0 Å². The summed E-state index contributed by atoms with van der Waals surface area (Å²) < 4.78 is 7.62. The minimum atomic E-state index is 1.16. The lowest BCUT2D eigenvalue weighted by atomic mass is 10.0. The highest BCUT2D eigenvalue weighted by Gasteiger charge is 2.27. The van der Waals surface area contributed by atoms with Crippen molar-refractivity contribution in [2.24, 2.45) is 0 Å². The van der Waals surface area contributed by atoms with Gasteiger partial charge in [-0.2, -0.15) is 0 Å². The molecule has 4 heteroatoms. The Bertz CT molecular complexity index is 3110. The topological polar surface area (TPSA) is 8.17 Å². The highest BCUT2D eigenvalue weighted by Crippen LogP contribution is 2.53. The lowest BCUT2D eigenvalue weighted by Gasteiger charge is -2.29. The van der Waals surface area contributed by atoms with Gasteiger partial charge in [0.2, 0.25) is 0 Å². The Labute approximate surface area is 296 Å². The maximum absolute atomic E-state index is 2.60. The molecule has 0 radical (unpaired) electrons. The third kappa shape index (κ3) is 3.95. The predicted molar refractivity (Wildman–Crippen MR) is 219 cm³/mol. The summed E-state index contributed by atoms with van der Waals surface area (Å²) in [7, 11) is 0. The largest absolute Gasteiger partial charge is 0.309 e. The average Bonchev–Trinajstić information content (AvgIpc) is 3.85. The molecule has 0 aliphatic rings. The molecule has 0 fully saturated rings. The molecule has 8 aromatic carbocycles. The van der Waals surface area contributed by atoms with Gasteiger partial charge in [-0.3, -0.25) is 0 Å². The summed E-state index contributed by atoms with van der Waals surface area (Å²) >= 11 is 3.79. The molecule has 0 atom stereocenters. The zero-order valence-electron chi connectivity index (χ0n) is 26.9. The summed E-state index contributed by atoms with van der Waals surface area (Å²) in [6.07, 6.45) is 0. The van der Waals surface area contributed by atoms with E-state index >= 15 is 0 Å². The number of benzene rings is 8. The average molecular weight is 673 g/mol. The number of thiophene rings is 2. The Morgan fingerprint density at radius 3 is 1.80 bits per heavy atom. The van der Waals surface area contributed by atoms with Gasteiger partial charge in [-0.1, -0.05) is 115 Å². The molecule has 0 aliphatic carbocycles. The molecule has 0 spiro atoms. The number of para-hydroxylation sites is 2. The Balaban J connectivity index is 1.35. The standard InChI is InChI=1S/C46H28N2S2/c1-2-15-30(16-3-1)47-37-22-9-6-20-35(37)43-38(47)23-13-24-39(43)48(40-25-12-21-34-32-18-7-10-26-41(32)49-45(34)40)44-31-17-5-4-14-29(31)28-36-33-19-8-11-27-42(33)50-46(36)44/h1-28H. The van der Waals surface area contributed by atoms with Gasteiger partial charge in [0, 0.05) is 52.8 Å². The van der Waals surface area contributed by atoms with Crippen LogP contribution in [0.15, 0.2) is 170 Å². The quantitative estimate of drug-likeness (QED) is 0.181. The van der Waals surface area contributed by atoms with Gasteiger partial charge < -0.3 is 9.47 Å². The van der Waals surface area contributed by atoms with Gasteiger partial charge in [0.25, 0.3) is 0 Å². The summed E-state index contributed by atoms with van der Waals surface area (Å²) in [6.45, 7) is 0. The van der Waals surface area contributed by atoms with Gasteiger partial charge in [0.15, 0.2) is 0 Å². The lowest BCUT2D eigenvalue weighted by Crippen LogP contribution is -2.11. The third-order valence-electron chi connectivity index (χ3n) is 10.1. The minimum Gasteiger partial charge on any atom is -0.309 e. The fourth-order valence-electron chi connectivity index (χ4n) is 8.04. The number of nitrogens with zero attached hydrogens (tertiary/aromatic N) is 2. The minimum absolute atomic E-state index is 1.16. The predicted octanol–water partition coefficient (Wildman–Crippen LogP) is 14.1. The van der Waals surface area contributed by atoms with Crippen LogP contribution in [0.25, 0.3) is 78.6 Å². The van der Waals surface area contributed by atoms with E-state index in [1.54, 1.807) is 0 Å². The Morgan fingerprint density at radius 2 is 0.980 bits per heavy atom. The van der Waals surface area contributed by atoms with Crippen molar-refractivity contribution in [3.05, 3.63) is 170 Å². The van der Waals surface area contributed by atoms with Crippen molar-refractivity contribution in [2.45, 2.75) is 0 Å². The van der Waals surface area contributed by atoms with Crippen molar-refractivity contribution < 1.29 is 0 Å². The molecule has 0 saturated carbocycles. The zero-order chi connectivity index (χ0) is 32.8. The highest BCUT2D eigenvalue weighted by atomic mass is 32.1. The van der Waals surface area contributed by atoms with Crippen molar-refractivity contribution in [2.75, 3.05) is 4.90 Å². The Hall–Kier alpha value is -5.94. The molecule has 3 aromatic heterocycles. The first-order valence-electron chi connectivity index (χ1n) is 16.9. The van der Waals surface area contributed by atoms with Crippen LogP contribution in [-0.4, -0.2) is 4.57 Å². The molecule has 3 heterocycles. The van der Waals surface area contributed by atoms with Gasteiger partial charge in [-0.15, -0.1) is 22.7 Å². The fraction of sp³-hybridized carbons (Fsp3) is 0. The van der Waals surface area contributed by atoms with Gasteiger partial charge in [0.05, 0.1) is 37.5 Å². The van der Waals surface area contributed by atoms with Crippen LogP contribution in [0.2, 0.25) is 0 Å². The normalized spacial score (nSPS) is 12.0. The molecule has 0 saturated heterocycles. The van der Waals surface area contributed by atoms with Crippen molar-refractivity contribution in [3.8, 4) is 5.69 Å². The van der Waals surface area contributed by atoms with Crippen molar-refractivity contribution in [3.63, 3.8) is 0 Å². The second-order valence-corrected chi connectivity index (χ2v) is 15.0. The molecular formula is C46H28N2S2. The summed E-state index contributed by atoms with van der Waals surface area (Å²) in [4.78, 5) is 2.60. The van der Waals surface area contributed by atoms with Crippen LogP contribution in [0.4, 0.5) is 17.1 Å². The van der Waals surface area contributed by atoms with Crippen molar-refractivity contribution in [1.82, 2.24) is 4.57 Å². The van der Waals surface area contributed by atoms with E-state index in [0.29, 0.717) is 0 Å². The first kappa shape index (κ1) is 28.0. The first-order valence-corrected chi connectivity index (χ1v) is 18.6. The van der Waals surface area contributed by atoms with Crippen LogP contribution >= 0.6 is 22.7 Å².